The van der Waals surface area contributed by atoms with Gasteiger partial charge in [-0.1, -0.05) is 23.2 Å². The highest BCUT2D eigenvalue weighted by atomic mass is 35.5. The number of methoxy groups -OCH3 is 1. The molecule has 1 saturated heterocycles. The number of pyridine rings is 1. The maximum Gasteiger partial charge on any atom is 0.224 e. The zero-order chi connectivity index (χ0) is 22.7. The summed E-state index contributed by atoms with van der Waals surface area (Å²) < 4.78 is 7.54. The second kappa shape index (κ2) is 9.89. The van der Waals surface area contributed by atoms with Gasteiger partial charge in [0.25, 0.3) is 0 Å². The summed E-state index contributed by atoms with van der Waals surface area (Å²) in [6.45, 7) is 2.95. The van der Waals surface area contributed by atoms with E-state index in [1.807, 2.05) is 33.7 Å². The lowest BCUT2D eigenvalue weighted by molar-refractivity contribution is -0.131. The van der Waals surface area contributed by atoms with Gasteiger partial charge in [0.1, 0.15) is 11.6 Å². The fourth-order valence-electron chi connectivity index (χ4n) is 3.66. The molecule has 1 amide bonds. The van der Waals surface area contributed by atoms with Gasteiger partial charge in [-0.2, -0.15) is 5.10 Å². The Kier molecular flexibility index (Phi) is 6.98. The lowest BCUT2D eigenvalue weighted by atomic mass is 10.2. The molecule has 1 N–H and O–H groups in total. The SMILES string of the molecule is COc1ccc(-c2n[nH]c(=S)n2CCC(=O)N2CCN(c3ncc(Cl)cc3Cl)CC2)cc1. The van der Waals surface area contributed by atoms with Crippen LogP contribution in [0, 0.1) is 4.77 Å². The Morgan fingerprint density at radius 2 is 1.91 bits per heavy atom. The molecule has 168 valence electrons. The van der Waals surface area contributed by atoms with E-state index >= 15 is 0 Å². The predicted octanol–water partition coefficient (Wildman–Crippen LogP) is 4.06. The second-order valence-electron chi connectivity index (χ2n) is 7.31. The number of carbonyl (C=O) groups is 1. The maximum atomic E-state index is 12.8. The predicted molar refractivity (Wildman–Crippen MR) is 127 cm³/mol. The molecule has 0 atom stereocenters. The number of nitrogens with one attached hydrogen (secondary N) is 1. The molecule has 0 bridgehead atoms. The van der Waals surface area contributed by atoms with Crippen LogP contribution in [0.2, 0.25) is 10.0 Å². The minimum absolute atomic E-state index is 0.0728. The monoisotopic (exact) mass is 492 g/mol. The zero-order valence-corrected chi connectivity index (χ0v) is 19.8. The van der Waals surface area contributed by atoms with Crippen molar-refractivity contribution in [1.82, 2.24) is 24.6 Å². The number of anilines is 1. The number of carbonyl (C=O) groups excluding carboxylic acids is 1. The summed E-state index contributed by atoms with van der Waals surface area (Å²) in [5.74, 6) is 2.22. The molecule has 0 spiro atoms. The number of hydrogen-bond donors (Lipinski definition) is 1. The van der Waals surface area contributed by atoms with Crippen LogP contribution >= 0.6 is 35.4 Å². The first-order valence-electron chi connectivity index (χ1n) is 10.1. The minimum Gasteiger partial charge on any atom is -0.497 e. The lowest BCUT2D eigenvalue weighted by Crippen LogP contribution is -2.49. The van der Waals surface area contributed by atoms with Crippen molar-refractivity contribution in [2.75, 3.05) is 38.2 Å². The van der Waals surface area contributed by atoms with E-state index in [1.54, 1.807) is 19.4 Å². The summed E-state index contributed by atoms with van der Waals surface area (Å²) in [6, 6.07) is 9.24. The van der Waals surface area contributed by atoms with Gasteiger partial charge >= 0.3 is 0 Å². The standard InChI is InChI=1S/C21H22Cl2N6O2S/c1-31-16-4-2-14(3-5-16)19-25-26-21(32)29(19)7-6-18(30)27-8-10-28(11-9-27)20-17(23)12-15(22)13-24-20/h2-5,12-13H,6-11H2,1H3,(H,26,32). The first kappa shape index (κ1) is 22.6. The third-order valence-corrected chi connectivity index (χ3v) is 6.17. The quantitative estimate of drug-likeness (QED) is 0.522. The molecule has 2 aromatic heterocycles. The molecule has 11 heteroatoms. The molecule has 1 aromatic carbocycles. The number of ether oxygens (including phenoxy) is 1. The molecule has 3 aromatic rings. The number of hydrogen-bond acceptors (Lipinski definition) is 6. The molecule has 1 aliphatic heterocycles. The average molecular weight is 493 g/mol. The maximum absolute atomic E-state index is 12.8. The number of benzene rings is 1. The number of aromatic nitrogens is 4. The van der Waals surface area contributed by atoms with Crippen LogP contribution in [0.5, 0.6) is 5.75 Å². The summed E-state index contributed by atoms with van der Waals surface area (Å²) in [5.41, 5.74) is 0.895. The zero-order valence-electron chi connectivity index (χ0n) is 17.4. The van der Waals surface area contributed by atoms with Crippen molar-refractivity contribution >= 4 is 47.1 Å². The van der Waals surface area contributed by atoms with Crippen LogP contribution in [-0.4, -0.2) is 63.8 Å². The molecule has 1 aliphatic rings. The van der Waals surface area contributed by atoms with Crippen molar-refractivity contribution in [2.45, 2.75) is 13.0 Å². The van der Waals surface area contributed by atoms with Crippen LogP contribution in [-0.2, 0) is 11.3 Å². The van der Waals surface area contributed by atoms with Crippen LogP contribution in [0.25, 0.3) is 11.4 Å². The number of halogens is 2. The molecule has 8 nitrogen and oxygen atoms in total. The van der Waals surface area contributed by atoms with E-state index in [0.29, 0.717) is 65.6 Å². The summed E-state index contributed by atoms with van der Waals surface area (Å²) in [7, 11) is 1.62. The average Bonchev–Trinajstić information content (AvgIpc) is 3.18. The van der Waals surface area contributed by atoms with Crippen molar-refractivity contribution in [3.8, 4) is 17.1 Å². The van der Waals surface area contributed by atoms with Gasteiger partial charge in [0.15, 0.2) is 10.6 Å². The largest absolute Gasteiger partial charge is 0.497 e. The molecule has 3 heterocycles. The Balaban J connectivity index is 1.37. The molecule has 0 radical (unpaired) electrons. The highest BCUT2D eigenvalue weighted by molar-refractivity contribution is 7.71. The van der Waals surface area contributed by atoms with Crippen LogP contribution in [0.15, 0.2) is 36.5 Å². The van der Waals surface area contributed by atoms with Gasteiger partial charge in [-0.15, -0.1) is 0 Å². The molecular formula is C21H22Cl2N6O2S. The van der Waals surface area contributed by atoms with Crippen LogP contribution in [0.4, 0.5) is 5.82 Å². The fourth-order valence-corrected chi connectivity index (χ4v) is 4.38. The Bertz CT molecular complexity index is 1160. The number of amides is 1. The van der Waals surface area contributed by atoms with Crippen LogP contribution in [0.1, 0.15) is 6.42 Å². The third kappa shape index (κ3) is 4.90. The highest BCUT2D eigenvalue weighted by Crippen LogP contribution is 2.27. The summed E-state index contributed by atoms with van der Waals surface area (Å²) in [4.78, 5) is 21.1. The smallest absolute Gasteiger partial charge is 0.224 e. The van der Waals surface area contributed by atoms with E-state index in [4.69, 9.17) is 40.2 Å². The van der Waals surface area contributed by atoms with E-state index in [-0.39, 0.29) is 5.91 Å². The van der Waals surface area contributed by atoms with Crippen molar-refractivity contribution < 1.29 is 9.53 Å². The number of nitrogens with zero attached hydrogens (tertiary/aromatic N) is 5. The number of piperazine rings is 1. The normalized spacial score (nSPS) is 14.0. The van der Waals surface area contributed by atoms with E-state index < -0.39 is 0 Å². The lowest BCUT2D eigenvalue weighted by Gasteiger charge is -2.35. The number of aromatic amines is 1. The minimum atomic E-state index is 0.0728. The Labute approximate surface area is 200 Å². The Morgan fingerprint density at radius 3 is 2.56 bits per heavy atom. The Morgan fingerprint density at radius 1 is 1.19 bits per heavy atom. The van der Waals surface area contributed by atoms with E-state index in [2.05, 4.69) is 20.1 Å². The molecule has 0 unspecified atom stereocenters. The molecule has 0 saturated carbocycles. The van der Waals surface area contributed by atoms with Gasteiger partial charge in [0, 0.05) is 50.9 Å². The summed E-state index contributed by atoms with van der Waals surface area (Å²) in [5, 5.41) is 8.17. The second-order valence-corrected chi connectivity index (χ2v) is 8.54. The van der Waals surface area contributed by atoms with E-state index in [9.17, 15) is 4.79 Å². The Hall–Kier alpha value is -2.62. The van der Waals surface area contributed by atoms with Gasteiger partial charge in [-0.25, -0.2) is 4.98 Å². The van der Waals surface area contributed by atoms with Crippen LogP contribution < -0.4 is 9.64 Å². The third-order valence-electron chi connectivity index (χ3n) is 5.38. The first-order chi connectivity index (χ1) is 15.5. The topological polar surface area (TPSA) is 79.3 Å². The van der Waals surface area contributed by atoms with Crippen molar-refractivity contribution in [3.63, 3.8) is 0 Å². The number of H-pyrrole nitrogens is 1. The van der Waals surface area contributed by atoms with Gasteiger partial charge in [-0.05, 0) is 42.5 Å². The van der Waals surface area contributed by atoms with Gasteiger partial charge in [-0.3, -0.25) is 14.5 Å². The van der Waals surface area contributed by atoms with E-state index in [0.717, 1.165) is 11.3 Å². The fraction of sp³-hybridized carbons (Fsp3) is 0.333. The molecular weight excluding hydrogens is 471 g/mol. The van der Waals surface area contributed by atoms with Crippen molar-refractivity contribution in [1.29, 1.82) is 0 Å². The van der Waals surface area contributed by atoms with Gasteiger partial charge in [0.2, 0.25) is 5.91 Å². The number of rotatable bonds is 6. The molecule has 0 aliphatic carbocycles. The summed E-state index contributed by atoms with van der Waals surface area (Å²) in [6.07, 6.45) is 1.91. The van der Waals surface area contributed by atoms with Crippen molar-refractivity contribution in [3.05, 3.63) is 51.3 Å². The molecule has 32 heavy (non-hydrogen) atoms. The van der Waals surface area contributed by atoms with Crippen molar-refractivity contribution in [2.24, 2.45) is 0 Å². The highest BCUT2D eigenvalue weighted by Gasteiger charge is 2.23. The molecule has 1 fully saturated rings. The van der Waals surface area contributed by atoms with E-state index in [1.165, 1.54) is 0 Å². The molecule has 4 rings (SSSR count). The van der Waals surface area contributed by atoms with Gasteiger partial charge < -0.3 is 14.5 Å². The first-order valence-corrected chi connectivity index (χ1v) is 11.3. The summed E-state index contributed by atoms with van der Waals surface area (Å²) >= 11 is 17.6. The van der Waals surface area contributed by atoms with Gasteiger partial charge in [0.05, 0.1) is 17.2 Å². The van der Waals surface area contributed by atoms with Crippen LogP contribution in [0.3, 0.4) is 0 Å².